The van der Waals surface area contributed by atoms with E-state index in [9.17, 15) is 14.7 Å². The van der Waals surface area contributed by atoms with Gasteiger partial charge in [-0.3, -0.25) is 4.79 Å². The minimum absolute atomic E-state index is 0.301. The van der Waals surface area contributed by atoms with Crippen LogP contribution in [0.25, 0.3) is 10.4 Å². The van der Waals surface area contributed by atoms with E-state index in [4.69, 9.17) is 21.4 Å². The van der Waals surface area contributed by atoms with Gasteiger partial charge in [-0.05, 0) is 68.1 Å². The first-order valence-electron chi connectivity index (χ1n) is 10.9. The van der Waals surface area contributed by atoms with Gasteiger partial charge in [-0.2, -0.15) is 0 Å². The van der Waals surface area contributed by atoms with Gasteiger partial charge in [0.25, 0.3) is 0 Å². The van der Waals surface area contributed by atoms with Gasteiger partial charge in [0.05, 0.1) is 0 Å². The standard InChI is InChI=1S/C26H28ClNO5S/c1-26(2,3)33-25(32)22(23(29)18-5-4-6-19(27)15-18)28-14-13-16-7-9-17(10-8-16)20-11-12-21(34-20)24(30)31/h4-12,15,22-23,28-29H,13-14H2,1-3H3,(H,30,31)/t22?,23-/m1/s1. The van der Waals surface area contributed by atoms with Crippen LogP contribution in [0.3, 0.4) is 0 Å². The quantitative estimate of drug-likeness (QED) is 0.342. The Morgan fingerprint density at radius 2 is 1.79 bits per heavy atom. The van der Waals surface area contributed by atoms with Crippen LogP contribution in [0.1, 0.15) is 47.7 Å². The second kappa shape index (κ2) is 11.1. The van der Waals surface area contributed by atoms with E-state index >= 15 is 0 Å². The number of benzene rings is 2. The average molecular weight is 502 g/mol. The summed E-state index contributed by atoms with van der Waals surface area (Å²) in [4.78, 5) is 25.1. The summed E-state index contributed by atoms with van der Waals surface area (Å²) >= 11 is 7.29. The summed E-state index contributed by atoms with van der Waals surface area (Å²) in [5, 5.41) is 23.6. The summed E-state index contributed by atoms with van der Waals surface area (Å²) in [5.41, 5.74) is 1.81. The van der Waals surface area contributed by atoms with Crippen molar-refractivity contribution in [1.82, 2.24) is 5.32 Å². The van der Waals surface area contributed by atoms with Crippen LogP contribution in [0.5, 0.6) is 0 Å². The molecule has 1 aromatic heterocycles. The lowest BCUT2D eigenvalue weighted by Gasteiger charge is -2.27. The first kappa shape index (κ1) is 25.9. The smallest absolute Gasteiger partial charge is 0.345 e. The van der Waals surface area contributed by atoms with Crippen molar-refractivity contribution in [3.8, 4) is 10.4 Å². The van der Waals surface area contributed by atoms with Crippen molar-refractivity contribution in [1.29, 1.82) is 0 Å². The minimum atomic E-state index is -1.13. The second-order valence-electron chi connectivity index (χ2n) is 8.88. The highest BCUT2D eigenvalue weighted by Crippen LogP contribution is 2.28. The molecule has 0 amide bonds. The fourth-order valence-corrected chi connectivity index (χ4v) is 4.44. The Balaban J connectivity index is 1.67. The van der Waals surface area contributed by atoms with Crippen LogP contribution < -0.4 is 5.32 Å². The molecule has 0 bridgehead atoms. The predicted molar refractivity (Wildman–Crippen MR) is 134 cm³/mol. The number of carbonyl (C=O) groups excluding carboxylic acids is 1. The molecule has 0 aliphatic heterocycles. The number of halogens is 1. The highest BCUT2D eigenvalue weighted by molar-refractivity contribution is 7.17. The topological polar surface area (TPSA) is 95.9 Å². The number of nitrogens with one attached hydrogen (secondary N) is 1. The fourth-order valence-electron chi connectivity index (χ4n) is 3.39. The fraction of sp³-hybridized carbons (Fsp3) is 0.308. The zero-order valence-corrected chi connectivity index (χ0v) is 20.8. The summed E-state index contributed by atoms with van der Waals surface area (Å²) in [7, 11) is 0. The van der Waals surface area contributed by atoms with E-state index in [1.807, 2.05) is 24.3 Å². The number of aliphatic hydroxyl groups excluding tert-OH is 1. The molecule has 0 fully saturated rings. The summed E-state index contributed by atoms with van der Waals surface area (Å²) in [5.74, 6) is -1.47. The van der Waals surface area contributed by atoms with E-state index < -0.39 is 29.7 Å². The maximum Gasteiger partial charge on any atom is 0.345 e. The second-order valence-corrected chi connectivity index (χ2v) is 10.4. The number of ether oxygens (including phenoxy) is 1. The Kier molecular flexibility index (Phi) is 8.49. The molecule has 0 aliphatic carbocycles. The number of carbonyl (C=O) groups is 2. The molecule has 0 spiro atoms. The van der Waals surface area contributed by atoms with Crippen LogP contribution >= 0.6 is 22.9 Å². The van der Waals surface area contributed by atoms with Gasteiger partial charge in [0.15, 0.2) is 0 Å². The van der Waals surface area contributed by atoms with Gasteiger partial charge in [-0.1, -0.05) is 48.0 Å². The molecule has 0 saturated heterocycles. The van der Waals surface area contributed by atoms with Crippen molar-refractivity contribution in [2.45, 2.75) is 44.9 Å². The lowest BCUT2D eigenvalue weighted by atomic mass is 10.0. The number of thiophene rings is 1. The summed E-state index contributed by atoms with van der Waals surface area (Å²) < 4.78 is 5.52. The van der Waals surface area contributed by atoms with Crippen molar-refractivity contribution in [3.63, 3.8) is 0 Å². The van der Waals surface area contributed by atoms with E-state index in [0.717, 1.165) is 16.0 Å². The largest absolute Gasteiger partial charge is 0.477 e. The third-order valence-corrected chi connectivity index (χ3v) is 6.36. The monoisotopic (exact) mass is 501 g/mol. The number of rotatable bonds is 9. The molecule has 0 radical (unpaired) electrons. The molecule has 2 aromatic carbocycles. The van der Waals surface area contributed by atoms with Gasteiger partial charge in [0.1, 0.15) is 22.6 Å². The van der Waals surface area contributed by atoms with Gasteiger partial charge in [0, 0.05) is 16.4 Å². The minimum Gasteiger partial charge on any atom is -0.477 e. The maximum absolute atomic E-state index is 12.8. The highest BCUT2D eigenvalue weighted by Gasteiger charge is 2.32. The molecular weight excluding hydrogens is 474 g/mol. The Morgan fingerprint density at radius 1 is 1.09 bits per heavy atom. The van der Waals surface area contributed by atoms with E-state index in [2.05, 4.69) is 5.32 Å². The van der Waals surface area contributed by atoms with Crippen LogP contribution in [0, 0.1) is 0 Å². The maximum atomic E-state index is 12.8. The Hall–Kier alpha value is -2.71. The number of esters is 1. The molecule has 0 saturated carbocycles. The number of aromatic carboxylic acids is 1. The third-order valence-electron chi connectivity index (χ3n) is 5.00. The van der Waals surface area contributed by atoms with E-state index in [0.29, 0.717) is 28.4 Å². The number of aliphatic hydroxyl groups is 1. The van der Waals surface area contributed by atoms with Crippen molar-refractivity contribution in [2.24, 2.45) is 0 Å². The summed E-state index contributed by atoms with van der Waals surface area (Å²) in [6.45, 7) is 5.77. The first-order chi connectivity index (χ1) is 16.0. The Bertz CT molecular complexity index is 1140. The summed E-state index contributed by atoms with van der Waals surface area (Å²) in [6, 6.07) is 17.0. The van der Waals surface area contributed by atoms with E-state index in [-0.39, 0.29) is 0 Å². The Morgan fingerprint density at radius 3 is 2.38 bits per heavy atom. The van der Waals surface area contributed by atoms with Crippen molar-refractivity contribution >= 4 is 34.9 Å². The lowest BCUT2D eigenvalue weighted by Crippen LogP contribution is -2.46. The average Bonchev–Trinajstić information content (AvgIpc) is 3.26. The molecule has 180 valence electrons. The molecule has 1 heterocycles. The number of carboxylic acids is 1. The van der Waals surface area contributed by atoms with Gasteiger partial charge in [-0.25, -0.2) is 4.79 Å². The van der Waals surface area contributed by atoms with Crippen LogP contribution in [0.15, 0.2) is 60.7 Å². The molecule has 0 aliphatic rings. The normalized spacial score (nSPS) is 13.3. The van der Waals surface area contributed by atoms with Crippen molar-refractivity contribution in [2.75, 3.05) is 6.54 Å². The van der Waals surface area contributed by atoms with Crippen LogP contribution in [-0.4, -0.2) is 40.3 Å². The zero-order chi connectivity index (χ0) is 24.9. The first-order valence-corrected chi connectivity index (χ1v) is 12.0. The predicted octanol–water partition coefficient (Wildman–Crippen LogP) is 5.34. The van der Waals surface area contributed by atoms with Crippen LogP contribution in [0.4, 0.5) is 0 Å². The third kappa shape index (κ3) is 7.14. The molecule has 1 unspecified atom stereocenters. The molecule has 3 aromatic rings. The van der Waals surface area contributed by atoms with Gasteiger partial charge < -0.3 is 20.3 Å². The van der Waals surface area contributed by atoms with Crippen molar-refractivity contribution < 1.29 is 24.5 Å². The molecule has 3 rings (SSSR count). The molecule has 2 atom stereocenters. The molecule has 8 heteroatoms. The number of hydrogen-bond acceptors (Lipinski definition) is 6. The highest BCUT2D eigenvalue weighted by atomic mass is 35.5. The summed E-state index contributed by atoms with van der Waals surface area (Å²) in [6.07, 6.45) is -0.509. The van der Waals surface area contributed by atoms with E-state index in [1.54, 1.807) is 57.2 Å². The molecular formula is C26H28ClNO5S. The van der Waals surface area contributed by atoms with Crippen LogP contribution in [0.2, 0.25) is 5.02 Å². The molecule has 3 N–H and O–H groups in total. The molecule has 34 heavy (non-hydrogen) atoms. The number of hydrogen-bond donors (Lipinski definition) is 3. The van der Waals surface area contributed by atoms with E-state index in [1.165, 1.54) is 11.3 Å². The van der Waals surface area contributed by atoms with Crippen LogP contribution in [-0.2, 0) is 16.0 Å². The van der Waals surface area contributed by atoms with Gasteiger partial charge >= 0.3 is 11.9 Å². The number of carboxylic acid groups (broad SMARTS) is 1. The lowest BCUT2D eigenvalue weighted by molar-refractivity contribution is -0.160. The van der Waals surface area contributed by atoms with Gasteiger partial charge in [-0.15, -0.1) is 11.3 Å². The SMILES string of the molecule is CC(C)(C)OC(=O)C(NCCc1ccc(-c2ccc(C(=O)O)s2)cc1)[C@H](O)c1cccc(Cl)c1. The zero-order valence-electron chi connectivity index (χ0n) is 19.2. The van der Waals surface area contributed by atoms with Crippen molar-refractivity contribution in [3.05, 3.63) is 81.7 Å². The Labute approximate surface area is 208 Å². The van der Waals surface area contributed by atoms with Gasteiger partial charge in [0.2, 0.25) is 0 Å². The molecule has 6 nitrogen and oxygen atoms in total.